The first-order valence-electron chi connectivity index (χ1n) is 9.61. The number of hydrogen-bond donors (Lipinski definition) is 2. The van der Waals surface area contributed by atoms with E-state index in [-0.39, 0.29) is 11.7 Å². The van der Waals surface area contributed by atoms with Crippen LogP contribution in [0.25, 0.3) is 16.8 Å². The summed E-state index contributed by atoms with van der Waals surface area (Å²) < 4.78 is 16.3. The molecule has 2 N–H and O–H groups in total. The summed E-state index contributed by atoms with van der Waals surface area (Å²) in [4.78, 5) is 12.9. The van der Waals surface area contributed by atoms with Crippen molar-refractivity contribution in [1.29, 1.82) is 0 Å². The van der Waals surface area contributed by atoms with Gasteiger partial charge in [0.1, 0.15) is 5.82 Å². The van der Waals surface area contributed by atoms with E-state index in [0.717, 1.165) is 29.6 Å². The Morgan fingerprint density at radius 1 is 1.24 bits per heavy atom. The molecule has 0 atom stereocenters. The van der Waals surface area contributed by atoms with E-state index in [1.165, 1.54) is 6.07 Å². The number of hydrogen-bond acceptors (Lipinski definition) is 3. The number of nitrogens with zero attached hydrogens (tertiary/aromatic N) is 3. The van der Waals surface area contributed by atoms with Crippen LogP contribution in [0.3, 0.4) is 0 Å². The van der Waals surface area contributed by atoms with Gasteiger partial charge in [-0.2, -0.15) is 10.2 Å². The van der Waals surface area contributed by atoms with E-state index in [0.29, 0.717) is 34.0 Å². The van der Waals surface area contributed by atoms with Gasteiger partial charge in [-0.1, -0.05) is 6.07 Å². The molecule has 4 aromatic rings. The Morgan fingerprint density at radius 2 is 2.07 bits per heavy atom. The molecule has 3 aromatic heterocycles. The summed E-state index contributed by atoms with van der Waals surface area (Å²) in [6.45, 7) is 3.73. The Hall–Kier alpha value is -3.48. The van der Waals surface area contributed by atoms with E-state index in [1.807, 2.05) is 31.3 Å². The third-order valence-electron chi connectivity index (χ3n) is 5.36. The molecule has 146 valence electrons. The molecule has 29 heavy (non-hydrogen) atoms. The lowest BCUT2D eigenvalue weighted by Gasteiger charge is -2.11. The van der Waals surface area contributed by atoms with Crippen LogP contribution >= 0.6 is 0 Å². The van der Waals surface area contributed by atoms with Crippen molar-refractivity contribution in [2.24, 2.45) is 0 Å². The van der Waals surface area contributed by atoms with Gasteiger partial charge in [-0.15, -0.1) is 0 Å². The first kappa shape index (κ1) is 17.6. The molecule has 0 bridgehead atoms. The molecule has 1 fully saturated rings. The maximum atomic E-state index is 14.6. The molecular weight excluding hydrogens is 369 g/mol. The van der Waals surface area contributed by atoms with Gasteiger partial charge >= 0.3 is 0 Å². The minimum Gasteiger partial charge on any atom is -0.322 e. The normalized spacial score (nSPS) is 13.8. The Morgan fingerprint density at radius 3 is 2.86 bits per heavy atom. The molecule has 1 aromatic carbocycles. The van der Waals surface area contributed by atoms with Gasteiger partial charge in [0.25, 0.3) is 5.91 Å². The second kappa shape index (κ2) is 6.55. The summed E-state index contributed by atoms with van der Waals surface area (Å²) in [6.07, 6.45) is 5.68. The number of carbonyl (C=O) groups is 1. The van der Waals surface area contributed by atoms with Crippen LogP contribution in [0.4, 0.5) is 10.1 Å². The van der Waals surface area contributed by atoms with Gasteiger partial charge in [0.2, 0.25) is 0 Å². The van der Waals surface area contributed by atoms with Gasteiger partial charge in [0.05, 0.1) is 23.0 Å². The maximum Gasteiger partial charge on any atom is 0.259 e. The number of amides is 1. The van der Waals surface area contributed by atoms with Crippen LogP contribution in [0.1, 0.15) is 45.9 Å². The highest BCUT2D eigenvalue weighted by Gasteiger charge is 2.26. The number of aromatic amines is 1. The van der Waals surface area contributed by atoms with Gasteiger partial charge in [0, 0.05) is 29.1 Å². The van der Waals surface area contributed by atoms with Crippen LogP contribution in [0.2, 0.25) is 0 Å². The predicted molar refractivity (Wildman–Crippen MR) is 109 cm³/mol. The zero-order valence-electron chi connectivity index (χ0n) is 16.2. The van der Waals surface area contributed by atoms with Crippen molar-refractivity contribution < 1.29 is 9.18 Å². The Bertz CT molecular complexity index is 1250. The minimum absolute atomic E-state index is 0.287. The topological polar surface area (TPSA) is 75.1 Å². The number of carbonyl (C=O) groups excluding carboxylic acids is 1. The molecule has 1 amide bonds. The predicted octanol–water partition coefficient (Wildman–Crippen LogP) is 4.61. The standard InChI is InChI=1S/C22H20FN5O/c1-12-3-6-21-16(10-24-28(21)11-12)22(29)25-18-8-15(17(23)7-13(18)2)20-9-19(26-27-20)14-4-5-14/h3,6-11,14H,4-5H2,1-2H3,(H,25,29)(H,26,27). The van der Waals surface area contributed by atoms with Crippen LogP contribution < -0.4 is 5.32 Å². The zero-order valence-corrected chi connectivity index (χ0v) is 16.2. The molecule has 1 saturated carbocycles. The lowest BCUT2D eigenvalue weighted by molar-refractivity contribution is 0.102. The van der Waals surface area contributed by atoms with Crippen molar-refractivity contribution in [3.63, 3.8) is 0 Å². The van der Waals surface area contributed by atoms with Crippen LogP contribution in [-0.4, -0.2) is 25.7 Å². The van der Waals surface area contributed by atoms with Gasteiger partial charge in [0.15, 0.2) is 0 Å². The number of halogens is 1. The molecule has 5 rings (SSSR count). The van der Waals surface area contributed by atoms with Gasteiger partial charge in [-0.05, 0) is 62.1 Å². The van der Waals surface area contributed by atoms with Crippen molar-refractivity contribution in [3.05, 3.63) is 70.9 Å². The SMILES string of the molecule is Cc1ccc2c(C(=O)Nc3cc(-c4cc(C5CC5)[nH]n4)c(F)cc3C)cnn2c1. The summed E-state index contributed by atoms with van der Waals surface area (Å²) in [5.74, 6) is -0.144. The van der Waals surface area contributed by atoms with Gasteiger partial charge in [-0.3, -0.25) is 9.89 Å². The molecular formula is C22H20FN5O. The third-order valence-corrected chi connectivity index (χ3v) is 5.36. The number of aromatic nitrogens is 4. The monoisotopic (exact) mass is 389 g/mol. The molecule has 1 aliphatic carbocycles. The molecule has 0 spiro atoms. The molecule has 0 saturated heterocycles. The minimum atomic E-state index is -0.360. The van der Waals surface area contributed by atoms with Crippen LogP contribution in [0, 0.1) is 19.7 Å². The fourth-order valence-corrected chi connectivity index (χ4v) is 3.53. The van der Waals surface area contributed by atoms with E-state index in [2.05, 4.69) is 20.6 Å². The van der Waals surface area contributed by atoms with E-state index >= 15 is 0 Å². The Labute approximate surface area is 166 Å². The van der Waals surface area contributed by atoms with Gasteiger partial charge < -0.3 is 5.32 Å². The zero-order chi connectivity index (χ0) is 20.1. The first-order valence-corrected chi connectivity index (χ1v) is 9.61. The molecule has 7 heteroatoms. The summed E-state index contributed by atoms with van der Waals surface area (Å²) in [5.41, 5.74) is 5.37. The van der Waals surface area contributed by atoms with Crippen molar-refractivity contribution in [2.45, 2.75) is 32.6 Å². The second-order valence-electron chi connectivity index (χ2n) is 7.68. The van der Waals surface area contributed by atoms with Crippen molar-refractivity contribution >= 4 is 17.1 Å². The quantitative estimate of drug-likeness (QED) is 0.535. The van der Waals surface area contributed by atoms with Crippen LogP contribution in [-0.2, 0) is 0 Å². The third kappa shape index (κ3) is 3.18. The van der Waals surface area contributed by atoms with E-state index in [4.69, 9.17) is 0 Å². The number of rotatable bonds is 4. The number of benzene rings is 1. The maximum absolute atomic E-state index is 14.6. The molecule has 0 radical (unpaired) electrons. The van der Waals surface area contributed by atoms with Crippen LogP contribution in [0.5, 0.6) is 0 Å². The van der Waals surface area contributed by atoms with E-state index in [1.54, 1.807) is 23.7 Å². The second-order valence-corrected chi connectivity index (χ2v) is 7.68. The van der Waals surface area contributed by atoms with Crippen molar-refractivity contribution in [3.8, 4) is 11.3 Å². The average molecular weight is 389 g/mol. The summed E-state index contributed by atoms with van der Waals surface area (Å²) in [6, 6.07) is 8.76. The lowest BCUT2D eigenvalue weighted by atomic mass is 10.1. The Balaban J connectivity index is 1.47. The number of anilines is 1. The average Bonchev–Trinajstić information content (AvgIpc) is 3.27. The molecule has 1 aliphatic rings. The molecule has 6 nitrogen and oxygen atoms in total. The largest absolute Gasteiger partial charge is 0.322 e. The highest BCUT2D eigenvalue weighted by molar-refractivity contribution is 6.09. The van der Waals surface area contributed by atoms with E-state index < -0.39 is 0 Å². The first-order chi connectivity index (χ1) is 14.0. The van der Waals surface area contributed by atoms with Crippen molar-refractivity contribution in [2.75, 3.05) is 5.32 Å². The number of pyridine rings is 1. The molecule has 0 unspecified atom stereocenters. The number of fused-ring (bicyclic) bond motifs is 1. The highest BCUT2D eigenvalue weighted by atomic mass is 19.1. The lowest BCUT2D eigenvalue weighted by Crippen LogP contribution is -2.13. The fraction of sp³-hybridized carbons (Fsp3) is 0.227. The van der Waals surface area contributed by atoms with Crippen molar-refractivity contribution in [1.82, 2.24) is 19.8 Å². The molecule has 3 heterocycles. The number of H-pyrrole nitrogens is 1. The Kier molecular flexibility index (Phi) is 3.97. The summed E-state index contributed by atoms with van der Waals surface area (Å²) >= 11 is 0. The fourth-order valence-electron chi connectivity index (χ4n) is 3.53. The molecule has 0 aliphatic heterocycles. The number of aryl methyl sites for hydroxylation is 2. The highest BCUT2D eigenvalue weighted by Crippen LogP contribution is 2.40. The summed E-state index contributed by atoms with van der Waals surface area (Å²) in [5, 5.41) is 14.4. The van der Waals surface area contributed by atoms with E-state index in [9.17, 15) is 9.18 Å². The van der Waals surface area contributed by atoms with Crippen LogP contribution in [0.15, 0.2) is 42.7 Å². The van der Waals surface area contributed by atoms with Gasteiger partial charge in [-0.25, -0.2) is 8.91 Å². The number of nitrogens with one attached hydrogen (secondary N) is 2. The summed E-state index contributed by atoms with van der Waals surface area (Å²) in [7, 11) is 0. The smallest absolute Gasteiger partial charge is 0.259 e.